The Bertz CT molecular complexity index is 612. The molecule has 2 saturated heterocycles. The van der Waals surface area contributed by atoms with Crippen LogP contribution in [0.5, 0.6) is 0 Å². The molecule has 1 aromatic carbocycles. The van der Waals surface area contributed by atoms with E-state index in [1.807, 2.05) is 11.8 Å². The molecule has 1 N–H and O–H groups in total. The molecule has 1 aliphatic carbocycles. The van der Waals surface area contributed by atoms with Crippen molar-refractivity contribution in [2.75, 3.05) is 26.3 Å². The number of hydrogen-bond acceptors (Lipinski definition) is 3. The molecule has 0 saturated carbocycles. The molecule has 4 rings (SSSR count). The zero-order chi connectivity index (χ0) is 16.6. The highest BCUT2D eigenvalue weighted by Gasteiger charge is 2.42. The molecule has 0 bridgehead atoms. The lowest BCUT2D eigenvalue weighted by Gasteiger charge is -2.40. The van der Waals surface area contributed by atoms with Gasteiger partial charge in [-0.2, -0.15) is 0 Å². The van der Waals surface area contributed by atoms with Crippen LogP contribution in [0.1, 0.15) is 43.4 Å². The highest BCUT2D eigenvalue weighted by Crippen LogP contribution is 2.35. The summed E-state index contributed by atoms with van der Waals surface area (Å²) >= 11 is 0. The second-order valence-electron chi connectivity index (χ2n) is 7.24. The second kappa shape index (κ2) is 6.37. The number of rotatable bonds is 2. The molecule has 2 fully saturated rings. The predicted molar refractivity (Wildman–Crippen MR) is 90.6 cm³/mol. The lowest BCUT2D eigenvalue weighted by Crippen LogP contribution is -2.51. The molecular formula is C19H26N2O3. The summed E-state index contributed by atoms with van der Waals surface area (Å²) in [6, 6.07) is 8.60. The number of likely N-dealkylation sites (tertiary alicyclic amines) is 1. The van der Waals surface area contributed by atoms with Crippen LogP contribution in [-0.2, 0) is 15.9 Å². The first-order chi connectivity index (χ1) is 11.7. The topological polar surface area (TPSA) is 50.8 Å². The van der Waals surface area contributed by atoms with Crippen molar-refractivity contribution in [2.45, 2.75) is 44.4 Å². The van der Waals surface area contributed by atoms with E-state index in [0.29, 0.717) is 19.8 Å². The summed E-state index contributed by atoms with van der Waals surface area (Å²) in [5.41, 5.74) is 2.63. The number of nitrogens with one attached hydrogen (secondary N) is 1. The molecule has 3 aliphatic rings. The number of fused-ring (bicyclic) bond motifs is 1. The standard InChI is InChI=1S/C19H26N2O3/c1-19(23-11-12-24-19)15-6-4-10-21(13-15)18(22)20-17-9-8-14-5-2-3-7-16(14)17/h2-3,5,7,15,17H,4,6,8-13H2,1H3,(H,20,22)/t15-,17+/m1/s1. The van der Waals surface area contributed by atoms with Gasteiger partial charge in [0.15, 0.2) is 5.79 Å². The van der Waals surface area contributed by atoms with E-state index < -0.39 is 5.79 Å². The Morgan fingerprint density at radius 2 is 2.04 bits per heavy atom. The summed E-state index contributed by atoms with van der Waals surface area (Å²) in [5, 5.41) is 3.23. The number of ether oxygens (including phenoxy) is 2. The Hall–Kier alpha value is -1.59. The van der Waals surface area contributed by atoms with Crippen molar-refractivity contribution >= 4 is 6.03 Å². The van der Waals surface area contributed by atoms with Gasteiger partial charge in [0.1, 0.15) is 0 Å². The zero-order valence-corrected chi connectivity index (χ0v) is 14.3. The SMILES string of the molecule is CC1([C@@H]2CCCN(C(=O)N[C@H]3CCc4ccccc43)C2)OCCO1. The van der Waals surface area contributed by atoms with E-state index in [2.05, 4.69) is 29.6 Å². The Morgan fingerprint density at radius 1 is 1.25 bits per heavy atom. The number of benzene rings is 1. The van der Waals surface area contributed by atoms with Gasteiger partial charge in [0.2, 0.25) is 0 Å². The molecule has 2 heterocycles. The average molecular weight is 330 g/mol. The fourth-order valence-corrected chi connectivity index (χ4v) is 4.30. The van der Waals surface area contributed by atoms with Gasteiger partial charge >= 0.3 is 6.03 Å². The maximum absolute atomic E-state index is 12.8. The van der Waals surface area contributed by atoms with Gasteiger partial charge in [-0.3, -0.25) is 0 Å². The summed E-state index contributed by atoms with van der Waals surface area (Å²) in [5.74, 6) is -0.283. The molecule has 5 heteroatoms. The Balaban J connectivity index is 1.40. The number of carbonyl (C=O) groups is 1. The second-order valence-corrected chi connectivity index (χ2v) is 7.24. The lowest BCUT2D eigenvalue weighted by molar-refractivity contribution is -0.189. The summed E-state index contributed by atoms with van der Waals surface area (Å²) in [6.45, 7) is 4.83. The summed E-state index contributed by atoms with van der Waals surface area (Å²) in [7, 11) is 0. The van der Waals surface area contributed by atoms with Gasteiger partial charge < -0.3 is 19.7 Å². The first-order valence-electron chi connectivity index (χ1n) is 9.07. The zero-order valence-electron chi connectivity index (χ0n) is 14.3. The maximum Gasteiger partial charge on any atom is 0.317 e. The molecule has 2 amide bonds. The predicted octanol–water partition coefficient (Wildman–Crippen LogP) is 2.86. The van der Waals surface area contributed by atoms with E-state index in [9.17, 15) is 4.79 Å². The van der Waals surface area contributed by atoms with Crippen molar-refractivity contribution in [3.63, 3.8) is 0 Å². The smallest absolute Gasteiger partial charge is 0.317 e. The van der Waals surface area contributed by atoms with E-state index in [1.165, 1.54) is 11.1 Å². The first kappa shape index (κ1) is 15.9. The minimum atomic E-state index is -0.529. The minimum absolute atomic E-state index is 0.0444. The van der Waals surface area contributed by atoms with Crippen LogP contribution in [0.15, 0.2) is 24.3 Å². The third-order valence-corrected chi connectivity index (χ3v) is 5.74. The number of nitrogens with zero attached hydrogens (tertiary/aromatic N) is 1. The number of aryl methyl sites for hydroxylation is 1. The molecule has 2 atom stereocenters. The van der Waals surface area contributed by atoms with Gasteiger partial charge in [-0.15, -0.1) is 0 Å². The number of amides is 2. The molecule has 130 valence electrons. The third kappa shape index (κ3) is 2.91. The van der Waals surface area contributed by atoms with Crippen molar-refractivity contribution in [3.8, 4) is 0 Å². The fourth-order valence-electron chi connectivity index (χ4n) is 4.30. The Morgan fingerprint density at radius 3 is 2.88 bits per heavy atom. The van der Waals surface area contributed by atoms with E-state index >= 15 is 0 Å². The molecule has 0 aromatic heterocycles. The largest absolute Gasteiger partial charge is 0.347 e. The van der Waals surface area contributed by atoms with Crippen LogP contribution in [-0.4, -0.2) is 43.0 Å². The Labute approximate surface area is 143 Å². The van der Waals surface area contributed by atoms with Gasteiger partial charge in [-0.1, -0.05) is 24.3 Å². The van der Waals surface area contributed by atoms with Gasteiger partial charge in [0.05, 0.1) is 19.3 Å². The van der Waals surface area contributed by atoms with Crippen molar-refractivity contribution in [1.82, 2.24) is 10.2 Å². The molecule has 2 aliphatic heterocycles. The molecule has 24 heavy (non-hydrogen) atoms. The molecule has 0 spiro atoms. The summed E-state index contributed by atoms with van der Waals surface area (Å²) < 4.78 is 11.6. The van der Waals surface area contributed by atoms with Crippen molar-refractivity contribution < 1.29 is 14.3 Å². The van der Waals surface area contributed by atoms with Crippen LogP contribution >= 0.6 is 0 Å². The van der Waals surface area contributed by atoms with Crippen molar-refractivity contribution in [1.29, 1.82) is 0 Å². The van der Waals surface area contributed by atoms with Crippen LogP contribution in [0.4, 0.5) is 4.79 Å². The van der Waals surface area contributed by atoms with E-state index in [4.69, 9.17) is 9.47 Å². The maximum atomic E-state index is 12.8. The first-order valence-corrected chi connectivity index (χ1v) is 9.07. The summed E-state index contributed by atoms with van der Waals surface area (Å²) in [6.07, 6.45) is 4.09. The lowest BCUT2D eigenvalue weighted by atomic mass is 9.90. The van der Waals surface area contributed by atoms with Gasteiger partial charge in [0.25, 0.3) is 0 Å². The van der Waals surface area contributed by atoms with Crippen molar-refractivity contribution in [3.05, 3.63) is 35.4 Å². The van der Waals surface area contributed by atoms with E-state index in [0.717, 1.165) is 32.2 Å². The molecule has 5 nitrogen and oxygen atoms in total. The van der Waals surface area contributed by atoms with Crippen LogP contribution in [0, 0.1) is 5.92 Å². The average Bonchev–Trinajstić information content (AvgIpc) is 3.23. The normalized spacial score (nSPS) is 28.6. The molecule has 0 unspecified atom stereocenters. The monoisotopic (exact) mass is 330 g/mol. The van der Waals surface area contributed by atoms with Crippen LogP contribution < -0.4 is 5.32 Å². The molecule has 0 radical (unpaired) electrons. The van der Waals surface area contributed by atoms with Crippen LogP contribution in [0.25, 0.3) is 0 Å². The highest BCUT2D eigenvalue weighted by molar-refractivity contribution is 5.75. The summed E-state index contributed by atoms with van der Waals surface area (Å²) in [4.78, 5) is 14.7. The highest BCUT2D eigenvalue weighted by atomic mass is 16.7. The fraction of sp³-hybridized carbons (Fsp3) is 0.632. The number of urea groups is 1. The number of hydrogen-bond donors (Lipinski definition) is 1. The van der Waals surface area contributed by atoms with Crippen LogP contribution in [0.3, 0.4) is 0 Å². The Kier molecular flexibility index (Phi) is 4.22. The van der Waals surface area contributed by atoms with Gasteiger partial charge in [-0.05, 0) is 43.7 Å². The quantitative estimate of drug-likeness (QED) is 0.907. The van der Waals surface area contributed by atoms with Crippen LogP contribution in [0.2, 0.25) is 0 Å². The third-order valence-electron chi connectivity index (χ3n) is 5.74. The van der Waals surface area contributed by atoms with Gasteiger partial charge in [0, 0.05) is 19.0 Å². The van der Waals surface area contributed by atoms with Crippen molar-refractivity contribution in [2.24, 2.45) is 5.92 Å². The molecule has 1 aromatic rings. The number of carbonyl (C=O) groups excluding carboxylic acids is 1. The van der Waals surface area contributed by atoms with E-state index in [-0.39, 0.29) is 18.0 Å². The van der Waals surface area contributed by atoms with E-state index in [1.54, 1.807) is 0 Å². The minimum Gasteiger partial charge on any atom is -0.347 e. The molecular weight excluding hydrogens is 304 g/mol. The van der Waals surface area contributed by atoms with Gasteiger partial charge in [-0.25, -0.2) is 4.79 Å². The number of piperidine rings is 1.